The van der Waals surface area contributed by atoms with Gasteiger partial charge in [0.2, 0.25) is 0 Å². The number of nitrogens with one attached hydrogen (secondary N) is 1. The zero-order chi connectivity index (χ0) is 12.7. The first-order chi connectivity index (χ1) is 8.21. The van der Waals surface area contributed by atoms with Crippen molar-refractivity contribution < 1.29 is 4.39 Å². The Kier molecular flexibility index (Phi) is 4.25. The van der Waals surface area contributed by atoms with E-state index in [1.165, 1.54) is 24.4 Å². The Balaban J connectivity index is 2.92. The summed E-state index contributed by atoms with van der Waals surface area (Å²) in [6.07, 6.45) is 1.19. The number of halogens is 1. The fraction of sp³-hybridized carbons (Fsp3) is 0.0833. The van der Waals surface area contributed by atoms with Crippen LogP contribution in [0, 0.1) is 39.8 Å². The molecule has 0 aliphatic heterocycles. The van der Waals surface area contributed by atoms with Gasteiger partial charge in [0.15, 0.2) is 0 Å². The van der Waals surface area contributed by atoms with Crippen molar-refractivity contribution in [2.75, 3.05) is 5.32 Å². The van der Waals surface area contributed by atoms with Crippen molar-refractivity contribution >= 4 is 5.69 Å². The third kappa shape index (κ3) is 3.34. The molecule has 0 saturated carbocycles. The van der Waals surface area contributed by atoms with Gasteiger partial charge in [-0.1, -0.05) is 0 Å². The molecule has 0 saturated heterocycles. The Morgan fingerprint density at radius 2 is 2.00 bits per heavy atom. The molecule has 82 valence electrons. The minimum Gasteiger partial charge on any atom is -0.360 e. The highest BCUT2D eigenvalue weighted by Gasteiger charge is 2.02. The Bertz CT molecular complexity index is 554. The van der Waals surface area contributed by atoms with E-state index < -0.39 is 5.82 Å². The van der Waals surface area contributed by atoms with Gasteiger partial charge >= 0.3 is 0 Å². The van der Waals surface area contributed by atoms with E-state index in [-0.39, 0.29) is 17.6 Å². The Morgan fingerprint density at radius 3 is 2.59 bits per heavy atom. The highest BCUT2D eigenvalue weighted by Crippen LogP contribution is 2.15. The van der Waals surface area contributed by atoms with Gasteiger partial charge in [-0.25, -0.2) is 4.39 Å². The fourth-order valence-electron chi connectivity index (χ4n) is 1.13. The number of rotatable bonds is 3. The molecule has 0 aliphatic carbocycles. The molecule has 1 N–H and O–H groups in total. The van der Waals surface area contributed by atoms with Crippen molar-refractivity contribution in [3.63, 3.8) is 0 Å². The Morgan fingerprint density at radius 1 is 1.29 bits per heavy atom. The molecular formula is C12H7FN4. The van der Waals surface area contributed by atoms with Gasteiger partial charge < -0.3 is 5.32 Å². The van der Waals surface area contributed by atoms with Crippen LogP contribution in [0.3, 0.4) is 0 Å². The van der Waals surface area contributed by atoms with Gasteiger partial charge in [-0.2, -0.15) is 15.8 Å². The van der Waals surface area contributed by atoms with Crippen molar-refractivity contribution in [2.45, 2.75) is 6.42 Å². The molecule has 1 aromatic rings. The first-order valence-corrected chi connectivity index (χ1v) is 4.63. The molecule has 0 bridgehead atoms. The van der Waals surface area contributed by atoms with Crippen LogP contribution in [0.25, 0.3) is 0 Å². The summed E-state index contributed by atoms with van der Waals surface area (Å²) < 4.78 is 13.2. The molecule has 0 aliphatic rings. The summed E-state index contributed by atoms with van der Waals surface area (Å²) >= 11 is 0. The summed E-state index contributed by atoms with van der Waals surface area (Å²) in [5.74, 6) is -0.457. The molecule has 4 nitrogen and oxygen atoms in total. The zero-order valence-electron chi connectivity index (χ0n) is 8.74. The molecule has 17 heavy (non-hydrogen) atoms. The molecule has 0 fully saturated rings. The first kappa shape index (κ1) is 12.2. The monoisotopic (exact) mass is 226 g/mol. The zero-order valence-corrected chi connectivity index (χ0v) is 8.74. The van der Waals surface area contributed by atoms with Crippen LogP contribution in [0.5, 0.6) is 0 Å². The van der Waals surface area contributed by atoms with Gasteiger partial charge in [0.25, 0.3) is 0 Å². The smallest absolute Gasteiger partial charge is 0.145 e. The molecule has 1 rings (SSSR count). The van der Waals surface area contributed by atoms with Crippen molar-refractivity contribution in [1.29, 1.82) is 15.8 Å². The second-order valence-electron chi connectivity index (χ2n) is 3.07. The van der Waals surface area contributed by atoms with Gasteiger partial charge in [0, 0.05) is 17.5 Å². The van der Waals surface area contributed by atoms with E-state index in [2.05, 4.69) is 5.32 Å². The van der Waals surface area contributed by atoms with Gasteiger partial charge in [-0.15, -0.1) is 0 Å². The van der Waals surface area contributed by atoms with Gasteiger partial charge in [-0.3, -0.25) is 0 Å². The molecule has 0 radical (unpaired) electrons. The standard InChI is InChI=1S/C12H7FN4/c13-12-2-1-11(5-10(12)3-4-14)17-8-9(6-15)7-16/h1-2,5,8,17H,3H2. The first-order valence-electron chi connectivity index (χ1n) is 4.63. The lowest BCUT2D eigenvalue weighted by Gasteiger charge is -2.03. The third-order valence-electron chi connectivity index (χ3n) is 1.94. The van der Waals surface area contributed by atoms with E-state index in [0.29, 0.717) is 5.69 Å². The van der Waals surface area contributed by atoms with Crippen LogP contribution in [0.15, 0.2) is 30.0 Å². The lowest BCUT2D eigenvalue weighted by molar-refractivity contribution is 0.615. The minimum atomic E-state index is -0.457. The Labute approximate surface area is 97.8 Å². The molecular weight excluding hydrogens is 219 g/mol. The van der Waals surface area contributed by atoms with Crippen LogP contribution < -0.4 is 5.32 Å². The van der Waals surface area contributed by atoms with Gasteiger partial charge in [0.1, 0.15) is 23.5 Å². The molecule has 0 atom stereocenters. The summed E-state index contributed by atoms with van der Waals surface area (Å²) in [7, 11) is 0. The van der Waals surface area contributed by atoms with E-state index in [9.17, 15) is 4.39 Å². The van der Waals surface area contributed by atoms with Crippen LogP contribution in [-0.4, -0.2) is 0 Å². The van der Waals surface area contributed by atoms with Crippen molar-refractivity contribution in [2.24, 2.45) is 0 Å². The van der Waals surface area contributed by atoms with Crippen molar-refractivity contribution in [3.8, 4) is 18.2 Å². The number of hydrogen-bond donors (Lipinski definition) is 1. The average Bonchev–Trinajstić information content (AvgIpc) is 2.34. The van der Waals surface area contributed by atoms with Gasteiger partial charge in [0.05, 0.1) is 12.5 Å². The quantitative estimate of drug-likeness (QED) is 0.801. The summed E-state index contributed by atoms with van der Waals surface area (Å²) in [6.45, 7) is 0. The highest BCUT2D eigenvalue weighted by molar-refractivity contribution is 5.51. The summed E-state index contributed by atoms with van der Waals surface area (Å²) in [6, 6.07) is 9.36. The van der Waals surface area contributed by atoms with E-state index in [1.54, 1.807) is 12.1 Å². The predicted octanol–water partition coefficient (Wildman–Crippen LogP) is 2.23. The highest BCUT2D eigenvalue weighted by atomic mass is 19.1. The second-order valence-corrected chi connectivity index (χ2v) is 3.07. The maximum atomic E-state index is 13.2. The molecule has 0 spiro atoms. The maximum Gasteiger partial charge on any atom is 0.145 e. The lowest BCUT2D eigenvalue weighted by Crippen LogP contribution is -1.94. The largest absolute Gasteiger partial charge is 0.360 e. The average molecular weight is 226 g/mol. The molecule has 0 amide bonds. The number of anilines is 1. The second kappa shape index (κ2) is 5.90. The fourth-order valence-corrected chi connectivity index (χ4v) is 1.13. The normalized spacial score (nSPS) is 8.35. The lowest BCUT2D eigenvalue weighted by atomic mass is 10.1. The van der Waals surface area contributed by atoms with Gasteiger partial charge in [-0.05, 0) is 18.2 Å². The number of nitriles is 3. The number of benzene rings is 1. The topological polar surface area (TPSA) is 83.4 Å². The molecule has 0 unspecified atom stereocenters. The van der Waals surface area contributed by atoms with E-state index >= 15 is 0 Å². The van der Waals surface area contributed by atoms with E-state index in [4.69, 9.17) is 15.8 Å². The molecule has 0 heterocycles. The molecule has 0 aromatic heterocycles. The van der Waals surface area contributed by atoms with E-state index in [0.717, 1.165) is 0 Å². The summed E-state index contributed by atoms with van der Waals surface area (Å²) in [5, 5.41) is 28.2. The van der Waals surface area contributed by atoms with Crippen LogP contribution in [-0.2, 0) is 6.42 Å². The van der Waals surface area contributed by atoms with Crippen LogP contribution in [0.2, 0.25) is 0 Å². The Hall–Kier alpha value is -2.84. The van der Waals surface area contributed by atoms with Crippen molar-refractivity contribution in [1.82, 2.24) is 0 Å². The maximum absolute atomic E-state index is 13.2. The van der Waals surface area contributed by atoms with Crippen LogP contribution in [0.1, 0.15) is 5.56 Å². The number of allylic oxidation sites excluding steroid dienone is 1. The van der Waals surface area contributed by atoms with Crippen molar-refractivity contribution in [3.05, 3.63) is 41.4 Å². The number of nitrogens with zero attached hydrogens (tertiary/aromatic N) is 3. The van der Waals surface area contributed by atoms with E-state index in [1.807, 2.05) is 6.07 Å². The summed E-state index contributed by atoms with van der Waals surface area (Å²) in [5.41, 5.74) is 0.692. The molecule has 1 aromatic carbocycles. The summed E-state index contributed by atoms with van der Waals surface area (Å²) in [4.78, 5) is 0. The minimum absolute atomic E-state index is 0.0333. The SMILES string of the molecule is N#CCc1cc(NC=C(C#N)C#N)ccc1F. The van der Waals surface area contributed by atoms with Crippen LogP contribution in [0.4, 0.5) is 10.1 Å². The predicted molar refractivity (Wildman–Crippen MR) is 58.6 cm³/mol. The van der Waals surface area contributed by atoms with Crippen LogP contribution >= 0.6 is 0 Å². The molecule has 5 heteroatoms. The number of hydrogen-bond acceptors (Lipinski definition) is 4. The third-order valence-corrected chi connectivity index (χ3v) is 1.94.